The van der Waals surface area contributed by atoms with Crippen LogP contribution in [0, 0.1) is 0 Å². The highest BCUT2D eigenvalue weighted by Crippen LogP contribution is 2.58. The van der Waals surface area contributed by atoms with Crippen LogP contribution < -0.4 is 4.90 Å². The molecule has 0 radical (unpaired) electrons. The summed E-state index contributed by atoms with van der Waals surface area (Å²) in [7, 11) is 0. The van der Waals surface area contributed by atoms with Crippen molar-refractivity contribution < 1.29 is 0 Å². The van der Waals surface area contributed by atoms with Crippen LogP contribution in [0.25, 0.3) is 88.3 Å². The Morgan fingerprint density at radius 1 is 0.211 bits per heavy atom. The van der Waals surface area contributed by atoms with Gasteiger partial charge in [0.05, 0.1) is 5.41 Å². The Balaban J connectivity index is 0.891. The molecule has 0 saturated carbocycles. The summed E-state index contributed by atoms with van der Waals surface area (Å²) in [6.45, 7) is 0. The topological polar surface area (TPSA) is 3.24 Å². The van der Waals surface area contributed by atoms with Gasteiger partial charge in [0.2, 0.25) is 0 Å². The Bertz CT molecular complexity index is 4000. The second kappa shape index (κ2) is 18.9. The zero-order chi connectivity index (χ0) is 50.4. The van der Waals surface area contributed by atoms with E-state index in [9.17, 15) is 0 Å². The molecule has 0 aromatic heterocycles. The molecule has 0 heterocycles. The van der Waals surface area contributed by atoms with E-state index in [-0.39, 0.29) is 0 Å². The summed E-state index contributed by atoms with van der Waals surface area (Å²) < 4.78 is 0. The van der Waals surface area contributed by atoms with Gasteiger partial charge in [0.25, 0.3) is 0 Å². The normalized spacial score (nSPS) is 12.3. The van der Waals surface area contributed by atoms with Gasteiger partial charge in [-0.3, -0.25) is 0 Å². The van der Waals surface area contributed by atoms with Gasteiger partial charge in [-0.25, -0.2) is 0 Å². The van der Waals surface area contributed by atoms with Crippen molar-refractivity contribution in [3.63, 3.8) is 0 Å². The van der Waals surface area contributed by atoms with Gasteiger partial charge < -0.3 is 4.90 Å². The van der Waals surface area contributed by atoms with Gasteiger partial charge in [-0.2, -0.15) is 0 Å². The summed E-state index contributed by atoms with van der Waals surface area (Å²) in [6.07, 6.45) is 0. The van der Waals surface area contributed by atoms with E-state index < -0.39 is 5.41 Å². The zero-order valence-electron chi connectivity index (χ0n) is 41.9. The van der Waals surface area contributed by atoms with Crippen molar-refractivity contribution in [2.45, 2.75) is 5.41 Å². The van der Waals surface area contributed by atoms with E-state index in [1.54, 1.807) is 0 Å². The third kappa shape index (κ3) is 7.63. The van der Waals surface area contributed by atoms with Crippen molar-refractivity contribution in [2.24, 2.45) is 0 Å². The molecule has 1 aliphatic carbocycles. The van der Waals surface area contributed by atoms with Crippen LogP contribution in [-0.4, -0.2) is 0 Å². The highest BCUT2D eigenvalue weighted by molar-refractivity contribution is 5.99. The largest absolute Gasteiger partial charge is 0.311 e. The lowest BCUT2D eigenvalue weighted by Crippen LogP contribution is -2.28. The third-order valence-electron chi connectivity index (χ3n) is 15.8. The lowest BCUT2D eigenvalue weighted by Gasteiger charge is -2.34. The lowest BCUT2D eigenvalue weighted by molar-refractivity contribution is 0.769. The van der Waals surface area contributed by atoms with E-state index in [2.05, 4.69) is 314 Å². The third-order valence-corrected chi connectivity index (χ3v) is 15.8. The highest BCUT2D eigenvalue weighted by Gasteiger charge is 2.47. The summed E-state index contributed by atoms with van der Waals surface area (Å²) in [6, 6.07) is 114. The summed E-state index contributed by atoms with van der Waals surface area (Å²) in [5.74, 6) is 0. The minimum absolute atomic E-state index is 0.570. The SMILES string of the molecule is c1ccc(-c2ccc(C3(c4ccc(-c5ccccc5)cc4)c4ccccc4-c4c(-c5ccc(N(c6ccc(-c7cccc8ccccc78)cc6)c6ccc(-c7cccc8ccccc78)cc6)cc5)cccc43)cc2)cc1. The van der Waals surface area contributed by atoms with Crippen LogP contribution in [0.3, 0.4) is 0 Å². The molecular weight excluding hydrogens is 915 g/mol. The monoisotopic (exact) mass is 965 g/mol. The number of nitrogens with zero attached hydrogens (tertiary/aromatic N) is 1. The minimum atomic E-state index is -0.570. The summed E-state index contributed by atoms with van der Waals surface area (Å²) in [4.78, 5) is 2.39. The van der Waals surface area contributed by atoms with E-state index in [4.69, 9.17) is 0 Å². The predicted molar refractivity (Wildman–Crippen MR) is 321 cm³/mol. The van der Waals surface area contributed by atoms with E-state index in [0.29, 0.717) is 0 Å². The fourth-order valence-corrected chi connectivity index (χ4v) is 12.2. The average Bonchev–Trinajstić information content (AvgIpc) is 3.97. The van der Waals surface area contributed by atoms with Gasteiger partial charge in [0.1, 0.15) is 0 Å². The van der Waals surface area contributed by atoms with Crippen LogP contribution in [0.4, 0.5) is 17.1 Å². The summed E-state index contributed by atoms with van der Waals surface area (Å²) in [5, 5.41) is 4.99. The number of anilines is 3. The number of benzene rings is 13. The molecule has 13 aromatic rings. The molecule has 0 fully saturated rings. The fourth-order valence-electron chi connectivity index (χ4n) is 12.2. The van der Waals surface area contributed by atoms with Crippen molar-refractivity contribution in [2.75, 3.05) is 4.90 Å². The fraction of sp³-hybridized carbons (Fsp3) is 0.0133. The molecule has 0 aliphatic heterocycles. The summed E-state index contributed by atoms with van der Waals surface area (Å²) >= 11 is 0. The van der Waals surface area contributed by atoms with Crippen LogP contribution in [0.15, 0.2) is 309 Å². The van der Waals surface area contributed by atoms with E-state index in [1.807, 2.05) is 0 Å². The molecule has 0 N–H and O–H groups in total. The van der Waals surface area contributed by atoms with E-state index in [1.165, 1.54) is 111 Å². The quantitative estimate of drug-likeness (QED) is 0.132. The Kier molecular flexibility index (Phi) is 11.2. The van der Waals surface area contributed by atoms with Gasteiger partial charge in [-0.05, 0) is 147 Å². The van der Waals surface area contributed by atoms with Crippen molar-refractivity contribution in [3.05, 3.63) is 332 Å². The van der Waals surface area contributed by atoms with Gasteiger partial charge in [0, 0.05) is 17.1 Å². The van der Waals surface area contributed by atoms with E-state index >= 15 is 0 Å². The predicted octanol–water partition coefficient (Wildman–Crippen LogP) is 20.2. The van der Waals surface area contributed by atoms with Crippen LogP contribution in [0.2, 0.25) is 0 Å². The number of fused-ring (bicyclic) bond motifs is 5. The van der Waals surface area contributed by atoms with E-state index in [0.717, 1.165) is 17.1 Å². The van der Waals surface area contributed by atoms with Crippen LogP contribution in [-0.2, 0) is 5.41 Å². The average molecular weight is 966 g/mol. The molecule has 1 heteroatoms. The Morgan fingerprint density at radius 2 is 0.539 bits per heavy atom. The standard InChI is InChI=1S/C75H51N/c1-3-16-52(17-4-1)54-32-42-61(43-33-54)75(62-44-34-55(35-45-62)53-18-5-2-6-19-53)72-30-12-11-26-71(72)74-70(29-15-31-73(74)75)60-40-50-65(51-41-60)76(63-46-36-58(37-47-63)68-27-13-22-56-20-7-9-24-66(56)68)64-48-38-59(39-49-64)69-28-14-23-57-21-8-10-25-67(57)69/h1-51H. The molecule has 0 bridgehead atoms. The van der Waals surface area contributed by atoms with Crippen LogP contribution in [0.1, 0.15) is 22.3 Å². The van der Waals surface area contributed by atoms with Crippen molar-refractivity contribution in [3.8, 4) is 66.8 Å². The Hall–Kier alpha value is -9.82. The molecule has 0 spiro atoms. The second-order valence-electron chi connectivity index (χ2n) is 19.9. The molecule has 13 aromatic carbocycles. The number of rotatable bonds is 10. The van der Waals surface area contributed by atoms with Crippen molar-refractivity contribution in [1.82, 2.24) is 0 Å². The van der Waals surface area contributed by atoms with Crippen molar-refractivity contribution >= 4 is 38.6 Å². The summed E-state index contributed by atoms with van der Waals surface area (Å²) in [5.41, 5.74) is 22.3. The van der Waals surface area contributed by atoms with Gasteiger partial charge in [-0.15, -0.1) is 0 Å². The minimum Gasteiger partial charge on any atom is -0.311 e. The molecule has 0 saturated heterocycles. The van der Waals surface area contributed by atoms with Gasteiger partial charge in [0.15, 0.2) is 0 Å². The molecule has 0 unspecified atom stereocenters. The van der Waals surface area contributed by atoms with Gasteiger partial charge in [-0.1, -0.05) is 273 Å². The molecule has 1 nitrogen and oxygen atoms in total. The van der Waals surface area contributed by atoms with Crippen LogP contribution >= 0.6 is 0 Å². The maximum absolute atomic E-state index is 2.39. The van der Waals surface area contributed by atoms with Crippen molar-refractivity contribution in [1.29, 1.82) is 0 Å². The first-order chi connectivity index (χ1) is 37.7. The Morgan fingerprint density at radius 3 is 1.03 bits per heavy atom. The molecule has 76 heavy (non-hydrogen) atoms. The first-order valence-corrected chi connectivity index (χ1v) is 26.3. The first-order valence-electron chi connectivity index (χ1n) is 26.3. The van der Waals surface area contributed by atoms with Crippen LogP contribution in [0.5, 0.6) is 0 Å². The Labute approximate surface area is 444 Å². The molecule has 1 aliphatic rings. The van der Waals surface area contributed by atoms with Gasteiger partial charge >= 0.3 is 0 Å². The molecule has 14 rings (SSSR count). The molecule has 0 atom stereocenters. The molecular formula is C75H51N. The number of hydrogen-bond acceptors (Lipinski definition) is 1. The maximum Gasteiger partial charge on any atom is 0.0713 e. The lowest BCUT2D eigenvalue weighted by atomic mass is 9.67. The maximum atomic E-state index is 2.39. The number of hydrogen-bond donors (Lipinski definition) is 0. The second-order valence-corrected chi connectivity index (χ2v) is 19.9. The zero-order valence-corrected chi connectivity index (χ0v) is 41.9. The first kappa shape index (κ1) is 44.8. The molecule has 0 amide bonds. The smallest absolute Gasteiger partial charge is 0.0713 e. The highest BCUT2D eigenvalue weighted by atomic mass is 15.1. The molecule has 356 valence electrons.